The van der Waals surface area contributed by atoms with E-state index in [-0.39, 0.29) is 5.92 Å². The molecule has 1 aliphatic rings. The van der Waals surface area contributed by atoms with E-state index in [0.29, 0.717) is 29.8 Å². The van der Waals surface area contributed by atoms with Gasteiger partial charge in [-0.2, -0.15) is 0 Å². The van der Waals surface area contributed by atoms with Gasteiger partial charge in [0.2, 0.25) is 0 Å². The van der Waals surface area contributed by atoms with Crippen LogP contribution in [0.25, 0.3) is 0 Å². The summed E-state index contributed by atoms with van der Waals surface area (Å²) in [5, 5.41) is 1.31. The largest absolute Gasteiger partial charge is 0.486 e. The highest BCUT2D eigenvalue weighted by Crippen LogP contribution is 2.34. The molecule has 2 aromatic rings. The van der Waals surface area contributed by atoms with Crippen LogP contribution < -0.4 is 15.2 Å². The Labute approximate surface area is 139 Å². The summed E-state index contributed by atoms with van der Waals surface area (Å²) in [6, 6.07) is 11.5. The number of nitrogens with two attached hydrogens (primary N) is 1. The van der Waals surface area contributed by atoms with Gasteiger partial charge in [-0.1, -0.05) is 35.3 Å². The number of hydrogen-bond acceptors (Lipinski definition) is 3. The van der Waals surface area contributed by atoms with Gasteiger partial charge in [0.05, 0.1) is 0 Å². The van der Waals surface area contributed by atoms with E-state index in [1.807, 2.05) is 30.3 Å². The molecule has 1 heterocycles. The molecule has 3 rings (SSSR count). The molecule has 2 N–H and O–H groups in total. The zero-order chi connectivity index (χ0) is 15.5. The first kappa shape index (κ1) is 15.5. The van der Waals surface area contributed by atoms with Crippen LogP contribution in [0.3, 0.4) is 0 Å². The molecule has 2 aromatic carbocycles. The Bertz CT molecular complexity index is 676. The monoisotopic (exact) mass is 337 g/mol. The van der Waals surface area contributed by atoms with Crippen LogP contribution in [0, 0.1) is 0 Å². The van der Waals surface area contributed by atoms with Crippen LogP contribution in [-0.4, -0.2) is 19.8 Å². The molecule has 0 saturated heterocycles. The third-order valence-electron chi connectivity index (χ3n) is 3.80. The second-order valence-corrected chi connectivity index (χ2v) is 6.12. The highest BCUT2D eigenvalue weighted by molar-refractivity contribution is 6.35. The molecule has 1 atom stereocenters. The van der Waals surface area contributed by atoms with Gasteiger partial charge in [0.1, 0.15) is 13.2 Å². The van der Waals surface area contributed by atoms with Crippen LogP contribution in [0.15, 0.2) is 36.4 Å². The van der Waals surface area contributed by atoms with E-state index in [1.165, 1.54) is 0 Å². The first-order chi connectivity index (χ1) is 10.7. The molecule has 3 nitrogen and oxygen atoms in total. The van der Waals surface area contributed by atoms with Crippen LogP contribution in [0.2, 0.25) is 10.0 Å². The van der Waals surface area contributed by atoms with E-state index in [1.54, 1.807) is 6.07 Å². The maximum absolute atomic E-state index is 6.26. The minimum Gasteiger partial charge on any atom is -0.486 e. The van der Waals surface area contributed by atoms with Crippen molar-refractivity contribution in [3.05, 3.63) is 57.6 Å². The Morgan fingerprint density at radius 3 is 2.50 bits per heavy atom. The molecule has 116 valence electrons. The van der Waals surface area contributed by atoms with Gasteiger partial charge in [-0.15, -0.1) is 0 Å². The summed E-state index contributed by atoms with van der Waals surface area (Å²) in [4.78, 5) is 0. The van der Waals surface area contributed by atoms with Crippen molar-refractivity contribution in [1.29, 1.82) is 0 Å². The molecule has 0 aromatic heterocycles. The van der Waals surface area contributed by atoms with Gasteiger partial charge < -0.3 is 15.2 Å². The van der Waals surface area contributed by atoms with Gasteiger partial charge in [0.15, 0.2) is 11.5 Å². The van der Waals surface area contributed by atoms with E-state index in [2.05, 4.69) is 0 Å². The number of fused-ring (bicyclic) bond motifs is 1. The normalized spacial score (nSPS) is 14.7. The minimum atomic E-state index is 0.162. The first-order valence-corrected chi connectivity index (χ1v) is 7.96. The quantitative estimate of drug-likeness (QED) is 0.915. The Hall–Kier alpha value is -1.42. The van der Waals surface area contributed by atoms with Crippen molar-refractivity contribution in [2.75, 3.05) is 19.8 Å². The summed E-state index contributed by atoms with van der Waals surface area (Å²) < 4.78 is 11.2. The van der Waals surface area contributed by atoms with Crippen molar-refractivity contribution in [2.45, 2.75) is 12.3 Å². The third kappa shape index (κ3) is 3.32. The lowest BCUT2D eigenvalue weighted by Crippen LogP contribution is -2.18. The first-order valence-electron chi connectivity index (χ1n) is 7.21. The highest BCUT2D eigenvalue weighted by Gasteiger charge is 2.17. The van der Waals surface area contributed by atoms with Crippen molar-refractivity contribution in [1.82, 2.24) is 0 Å². The van der Waals surface area contributed by atoms with E-state index >= 15 is 0 Å². The second-order valence-electron chi connectivity index (χ2n) is 5.28. The number of rotatable bonds is 4. The van der Waals surface area contributed by atoms with Crippen LogP contribution in [0.5, 0.6) is 11.5 Å². The maximum Gasteiger partial charge on any atom is 0.161 e. The lowest BCUT2D eigenvalue weighted by molar-refractivity contribution is 0.171. The molecule has 22 heavy (non-hydrogen) atoms. The Kier molecular flexibility index (Phi) is 4.77. The maximum atomic E-state index is 6.26. The summed E-state index contributed by atoms with van der Waals surface area (Å²) in [7, 11) is 0. The van der Waals surface area contributed by atoms with Crippen molar-refractivity contribution in [3.63, 3.8) is 0 Å². The van der Waals surface area contributed by atoms with Crippen molar-refractivity contribution in [3.8, 4) is 11.5 Å². The molecular weight excluding hydrogens is 321 g/mol. The van der Waals surface area contributed by atoms with Crippen LogP contribution in [-0.2, 0) is 6.42 Å². The lowest BCUT2D eigenvalue weighted by Gasteiger charge is -2.22. The zero-order valence-electron chi connectivity index (χ0n) is 12.0. The fraction of sp³-hybridized carbons (Fsp3) is 0.294. The number of halogens is 2. The predicted molar refractivity (Wildman–Crippen MR) is 89.4 cm³/mol. The van der Waals surface area contributed by atoms with Gasteiger partial charge in [-0.25, -0.2) is 0 Å². The van der Waals surface area contributed by atoms with Gasteiger partial charge in [-0.3, -0.25) is 0 Å². The summed E-state index contributed by atoms with van der Waals surface area (Å²) in [5.41, 5.74) is 8.13. The van der Waals surface area contributed by atoms with E-state index < -0.39 is 0 Å². The van der Waals surface area contributed by atoms with E-state index in [9.17, 15) is 0 Å². The molecule has 0 amide bonds. The van der Waals surface area contributed by atoms with Gasteiger partial charge in [0, 0.05) is 16.0 Å². The molecule has 0 spiro atoms. The van der Waals surface area contributed by atoms with Crippen molar-refractivity contribution < 1.29 is 9.47 Å². The Balaban J connectivity index is 1.84. The summed E-state index contributed by atoms with van der Waals surface area (Å²) >= 11 is 12.2. The molecule has 1 aliphatic heterocycles. The van der Waals surface area contributed by atoms with Crippen molar-refractivity contribution >= 4 is 23.2 Å². The predicted octanol–water partition coefficient (Wildman–Crippen LogP) is 4.05. The fourth-order valence-corrected chi connectivity index (χ4v) is 3.09. The van der Waals surface area contributed by atoms with E-state index in [0.717, 1.165) is 29.0 Å². The zero-order valence-corrected chi connectivity index (χ0v) is 13.5. The number of ether oxygens (including phenoxy) is 2. The Morgan fingerprint density at radius 2 is 1.77 bits per heavy atom. The SMILES string of the molecule is NCC(Cc1ccc(Cl)cc1Cl)c1ccc2c(c1)OCCO2. The average molecular weight is 338 g/mol. The standard InChI is InChI=1S/C17H17Cl2NO2/c18-14-3-1-12(15(19)9-14)7-13(10-20)11-2-4-16-17(8-11)22-6-5-21-16/h1-4,8-9,13H,5-7,10,20H2. The molecule has 5 heteroatoms. The minimum absolute atomic E-state index is 0.162. The van der Waals surface area contributed by atoms with Gasteiger partial charge in [-0.05, 0) is 48.4 Å². The molecule has 0 bridgehead atoms. The highest BCUT2D eigenvalue weighted by atomic mass is 35.5. The molecule has 1 unspecified atom stereocenters. The van der Waals surface area contributed by atoms with Crippen LogP contribution in [0.4, 0.5) is 0 Å². The Morgan fingerprint density at radius 1 is 1.00 bits per heavy atom. The average Bonchev–Trinajstić information content (AvgIpc) is 2.54. The van der Waals surface area contributed by atoms with E-state index in [4.69, 9.17) is 38.4 Å². The number of hydrogen-bond donors (Lipinski definition) is 1. The topological polar surface area (TPSA) is 44.5 Å². The third-order valence-corrected chi connectivity index (χ3v) is 4.39. The summed E-state index contributed by atoms with van der Waals surface area (Å²) in [6.45, 7) is 1.69. The summed E-state index contributed by atoms with van der Waals surface area (Å²) in [6.07, 6.45) is 0.756. The van der Waals surface area contributed by atoms with Crippen LogP contribution >= 0.6 is 23.2 Å². The van der Waals surface area contributed by atoms with Gasteiger partial charge >= 0.3 is 0 Å². The molecule has 0 saturated carbocycles. The molecular formula is C17H17Cl2NO2. The van der Waals surface area contributed by atoms with Gasteiger partial charge in [0.25, 0.3) is 0 Å². The van der Waals surface area contributed by atoms with Crippen LogP contribution in [0.1, 0.15) is 17.0 Å². The molecule has 0 aliphatic carbocycles. The van der Waals surface area contributed by atoms with Crippen molar-refractivity contribution in [2.24, 2.45) is 5.73 Å². The smallest absolute Gasteiger partial charge is 0.161 e. The molecule has 0 fully saturated rings. The second kappa shape index (κ2) is 6.78. The number of benzene rings is 2. The fourth-order valence-electron chi connectivity index (χ4n) is 2.60. The molecule has 0 radical (unpaired) electrons. The summed E-state index contributed by atoms with van der Waals surface area (Å²) in [5.74, 6) is 1.73. The lowest BCUT2D eigenvalue weighted by atomic mass is 9.91.